The van der Waals surface area contributed by atoms with Gasteiger partial charge in [0.1, 0.15) is 5.69 Å². The van der Waals surface area contributed by atoms with Crippen molar-refractivity contribution in [2.24, 2.45) is 0 Å². The summed E-state index contributed by atoms with van der Waals surface area (Å²) in [5, 5.41) is 17.0. The zero-order valence-electron chi connectivity index (χ0n) is 11.5. The number of carboxylic acid groups (broad SMARTS) is 1. The summed E-state index contributed by atoms with van der Waals surface area (Å²) < 4.78 is 7.23. The van der Waals surface area contributed by atoms with Gasteiger partial charge < -0.3 is 9.84 Å². The maximum atomic E-state index is 11.3. The second-order valence-electron chi connectivity index (χ2n) is 4.97. The number of aryl methyl sites for hydroxylation is 1. The Morgan fingerprint density at radius 2 is 2.24 bits per heavy atom. The Labute approximate surface area is 121 Å². The summed E-state index contributed by atoms with van der Waals surface area (Å²) in [5.41, 5.74) is 1.23. The van der Waals surface area contributed by atoms with Crippen LogP contribution in [-0.2, 0) is 11.3 Å². The molecule has 0 aromatic carbocycles. The van der Waals surface area contributed by atoms with Crippen LogP contribution >= 0.6 is 0 Å². The molecule has 1 aliphatic heterocycles. The molecule has 0 aliphatic carbocycles. The second kappa shape index (κ2) is 6.01. The van der Waals surface area contributed by atoms with Gasteiger partial charge in [0.25, 0.3) is 0 Å². The molecule has 7 heteroatoms. The van der Waals surface area contributed by atoms with Gasteiger partial charge in [-0.25, -0.2) is 9.48 Å². The van der Waals surface area contributed by atoms with Crippen molar-refractivity contribution >= 4 is 5.97 Å². The number of hydrogen-bond acceptors (Lipinski definition) is 5. The first kappa shape index (κ1) is 13.7. The van der Waals surface area contributed by atoms with Gasteiger partial charge in [0.05, 0.1) is 6.10 Å². The van der Waals surface area contributed by atoms with Gasteiger partial charge in [-0.1, -0.05) is 5.21 Å². The van der Waals surface area contributed by atoms with Crippen molar-refractivity contribution in [1.82, 2.24) is 20.0 Å². The van der Waals surface area contributed by atoms with Crippen molar-refractivity contribution in [3.63, 3.8) is 0 Å². The molecule has 2 aromatic heterocycles. The lowest BCUT2D eigenvalue weighted by Gasteiger charge is -2.11. The van der Waals surface area contributed by atoms with Gasteiger partial charge >= 0.3 is 5.97 Å². The van der Waals surface area contributed by atoms with Crippen LogP contribution in [0.25, 0.3) is 11.3 Å². The number of aromatic nitrogens is 4. The first-order chi connectivity index (χ1) is 10.3. The Kier molecular flexibility index (Phi) is 3.92. The van der Waals surface area contributed by atoms with E-state index in [-0.39, 0.29) is 11.8 Å². The fourth-order valence-electron chi connectivity index (χ4n) is 2.55. The van der Waals surface area contributed by atoms with Crippen LogP contribution in [0.15, 0.2) is 24.5 Å². The number of pyridine rings is 1. The van der Waals surface area contributed by atoms with Crippen molar-refractivity contribution in [2.75, 3.05) is 6.61 Å². The molecule has 21 heavy (non-hydrogen) atoms. The van der Waals surface area contributed by atoms with Crippen LogP contribution in [0.5, 0.6) is 0 Å². The highest BCUT2D eigenvalue weighted by molar-refractivity contribution is 5.92. The van der Waals surface area contributed by atoms with Crippen LogP contribution in [0.2, 0.25) is 0 Å². The molecule has 3 rings (SSSR count). The largest absolute Gasteiger partial charge is 0.476 e. The minimum absolute atomic E-state index is 0.0338. The maximum Gasteiger partial charge on any atom is 0.358 e. The summed E-state index contributed by atoms with van der Waals surface area (Å²) in [5.74, 6) is -1.08. The fraction of sp³-hybridized carbons (Fsp3) is 0.429. The van der Waals surface area contributed by atoms with Gasteiger partial charge in [-0.05, 0) is 31.4 Å². The number of rotatable bonds is 5. The molecule has 0 spiro atoms. The molecule has 1 aliphatic rings. The Morgan fingerprint density at radius 3 is 2.90 bits per heavy atom. The molecule has 1 fully saturated rings. The molecule has 110 valence electrons. The van der Waals surface area contributed by atoms with Crippen LogP contribution in [-0.4, -0.2) is 43.8 Å². The third-order valence-corrected chi connectivity index (χ3v) is 3.58. The van der Waals surface area contributed by atoms with E-state index in [9.17, 15) is 9.90 Å². The quantitative estimate of drug-likeness (QED) is 0.898. The summed E-state index contributed by atoms with van der Waals surface area (Å²) >= 11 is 0. The first-order valence-electron chi connectivity index (χ1n) is 6.94. The number of nitrogens with zero attached hydrogens (tertiary/aromatic N) is 4. The van der Waals surface area contributed by atoms with Gasteiger partial charge in [-0.3, -0.25) is 4.98 Å². The molecule has 3 heterocycles. The minimum Gasteiger partial charge on any atom is -0.476 e. The van der Waals surface area contributed by atoms with Crippen molar-refractivity contribution in [1.29, 1.82) is 0 Å². The highest BCUT2D eigenvalue weighted by Gasteiger charge is 2.22. The third kappa shape index (κ3) is 2.92. The Hall–Kier alpha value is -2.28. The lowest BCUT2D eigenvalue weighted by molar-refractivity contribution is 0.0691. The van der Waals surface area contributed by atoms with Crippen LogP contribution in [0.4, 0.5) is 0 Å². The van der Waals surface area contributed by atoms with E-state index in [2.05, 4.69) is 15.3 Å². The highest BCUT2D eigenvalue weighted by Crippen LogP contribution is 2.23. The molecular formula is C14H16N4O3. The maximum absolute atomic E-state index is 11.3. The number of ether oxygens (including phenoxy) is 1. The van der Waals surface area contributed by atoms with E-state index < -0.39 is 5.97 Å². The molecular weight excluding hydrogens is 272 g/mol. The molecule has 0 saturated carbocycles. The molecule has 2 aromatic rings. The van der Waals surface area contributed by atoms with Crippen molar-refractivity contribution in [2.45, 2.75) is 31.9 Å². The van der Waals surface area contributed by atoms with Gasteiger partial charge in [0.15, 0.2) is 5.69 Å². The van der Waals surface area contributed by atoms with Gasteiger partial charge in [-0.2, -0.15) is 0 Å². The SMILES string of the molecule is O=C(O)c1nnn(CCC2CCCO2)c1-c1ccncc1. The summed E-state index contributed by atoms with van der Waals surface area (Å²) in [7, 11) is 0. The summed E-state index contributed by atoms with van der Waals surface area (Å²) in [6.07, 6.45) is 6.41. The number of carbonyl (C=O) groups is 1. The monoisotopic (exact) mass is 288 g/mol. The Morgan fingerprint density at radius 1 is 1.43 bits per heavy atom. The average Bonchev–Trinajstić information content (AvgIpc) is 3.15. The first-order valence-corrected chi connectivity index (χ1v) is 6.94. The minimum atomic E-state index is -1.08. The standard InChI is InChI=1S/C14H16N4O3/c19-14(20)12-13(10-3-6-15-7-4-10)18(17-16-12)8-5-11-2-1-9-21-11/h3-4,6-7,11H,1-2,5,8-9H2,(H,19,20). The van der Waals surface area contributed by atoms with Crippen LogP contribution < -0.4 is 0 Å². The lowest BCUT2D eigenvalue weighted by atomic mass is 10.1. The van der Waals surface area contributed by atoms with E-state index in [0.29, 0.717) is 12.2 Å². The van der Waals surface area contributed by atoms with Crippen LogP contribution in [0, 0.1) is 0 Å². The van der Waals surface area contributed by atoms with Crippen molar-refractivity contribution in [3.05, 3.63) is 30.2 Å². The van der Waals surface area contributed by atoms with E-state index in [1.54, 1.807) is 29.2 Å². The predicted octanol–water partition coefficient (Wildman–Crippen LogP) is 1.61. The molecule has 0 radical (unpaired) electrons. The zero-order chi connectivity index (χ0) is 14.7. The molecule has 0 bridgehead atoms. The second-order valence-corrected chi connectivity index (χ2v) is 4.97. The molecule has 1 N–H and O–H groups in total. The fourth-order valence-corrected chi connectivity index (χ4v) is 2.55. The third-order valence-electron chi connectivity index (χ3n) is 3.58. The van der Waals surface area contributed by atoms with Crippen molar-refractivity contribution in [3.8, 4) is 11.3 Å². The van der Waals surface area contributed by atoms with Crippen LogP contribution in [0.3, 0.4) is 0 Å². The van der Waals surface area contributed by atoms with Gasteiger partial charge in [-0.15, -0.1) is 5.10 Å². The normalized spacial score (nSPS) is 18.0. The van der Waals surface area contributed by atoms with E-state index in [1.165, 1.54) is 0 Å². The molecule has 7 nitrogen and oxygen atoms in total. The summed E-state index contributed by atoms with van der Waals surface area (Å²) in [6.45, 7) is 1.39. The summed E-state index contributed by atoms with van der Waals surface area (Å²) in [6, 6.07) is 3.52. The van der Waals surface area contributed by atoms with Gasteiger partial charge in [0.2, 0.25) is 0 Å². The number of aromatic carboxylic acids is 1. The smallest absolute Gasteiger partial charge is 0.358 e. The molecule has 1 unspecified atom stereocenters. The zero-order valence-corrected chi connectivity index (χ0v) is 11.5. The number of carboxylic acids is 1. The molecule has 1 atom stereocenters. The van der Waals surface area contributed by atoms with E-state index in [0.717, 1.165) is 31.4 Å². The van der Waals surface area contributed by atoms with E-state index >= 15 is 0 Å². The van der Waals surface area contributed by atoms with Crippen LogP contribution in [0.1, 0.15) is 29.8 Å². The van der Waals surface area contributed by atoms with E-state index in [1.807, 2.05) is 0 Å². The Balaban J connectivity index is 1.87. The lowest BCUT2D eigenvalue weighted by Crippen LogP contribution is -2.12. The Bertz CT molecular complexity index is 620. The van der Waals surface area contributed by atoms with Crippen molar-refractivity contribution < 1.29 is 14.6 Å². The van der Waals surface area contributed by atoms with E-state index in [4.69, 9.17) is 4.74 Å². The van der Waals surface area contributed by atoms with Gasteiger partial charge in [0, 0.05) is 31.1 Å². The predicted molar refractivity (Wildman–Crippen MR) is 73.8 cm³/mol. The highest BCUT2D eigenvalue weighted by atomic mass is 16.5. The number of hydrogen-bond donors (Lipinski definition) is 1. The molecule has 1 saturated heterocycles. The summed E-state index contributed by atoms with van der Waals surface area (Å²) in [4.78, 5) is 15.3. The topological polar surface area (TPSA) is 90.1 Å². The average molecular weight is 288 g/mol. The molecule has 0 amide bonds.